The summed E-state index contributed by atoms with van der Waals surface area (Å²) in [5.74, 6) is 0.301. The van der Waals surface area contributed by atoms with Gasteiger partial charge < -0.3 is 14.6 Å². The highest BCUT2D eigenvalue weighted by molar-refractivity contribution is 7.91. The minimum atomic E-state index is -3.75. The summed E-state index contributed by atoms with van der Waals surface area (Å²) in [4.78, 5) is -0.00817. The van der Waals surface area contributed by atoms with E-state index in [1.807, 2.05) is 6.92 Å². The molecule has 0 fully saturated rings. The lowest BCUT2D eigenvalue weighted by Gasteiger charge is -2.09. The lowest BCUT2D eigenvalue weighted by molar-refractivity contribution is 0.110. The van der Waals surface area contributed by atoms with E-state index < -0.39 is 9.84 Å². The predicted molar refractivity (Wildman–Crippen MR) is 82.0 cm³/mol. The van der Waals surface area contributed by atoms with E-state index in [2.05, 4.69) is 0 Å². The summed E-state index contributed by atoms with van der Waals surface area (Å²) in [5, 5.41) is 9.71. The van der Waals surface area contributed by atoms with Gasteiger partial charge in [-0.3, -0.25) is 0 Å². The monoisotopic (exact) mass is 322 g/mol. The van der Waals surface area contributed by atoms with E-state index in [0.717, 1.165) is 0 Å². The lowest BCUT2D eigenvalue weighted by Crippen LogP contribution is -2.06. The van der Waals surface area contributed by atoms with E-state index in [-0.39, 0.29) is 15.5 Å². The predicted octanol–water partition coefficient (Wildman–Crippen LogP) is 2.64. The maximum atomic E-state index is 12.4. The van der Waals surface area contributed by atoms with Crippen LogP contribution in [0.15, 0.2) is 58.3 Å². The molecule has 0 bridgehead atoms. The summed E-state index contributed by atoms with van der Waals surface area (Å²) in [6, 6.07) is 11.9. The molecule has 0 aliphatic rings. The van der Waals surface area contributed by atoms with Gasteiger partial charge in [0.2, 0.25) is 9.84 Å². The van der Waals surface area contributed by atoms with Crippen LogP contribution in [0.2, 0.25) is 0 Å². The zero-order valence-corrected chi connectivity index (χ0v) is 13.0. The molecule has 0 radical (unpaired) electrons. The smallest absolute Gasteiger partial charge is 0.210 e. The van der Waals surface area contributed by atoms with Crippen molar-refractivity contribution in [2.45, 2.75) is 16.7 Å². The average molecular weight is 322 g/mol. The van der Waals surface area contributed by atoms with Gasteiger partial charge in [0.15, 0.2) is 0 Å². The Morgan fingerprint density at radius 2 is 1.68 bits per heavy atom. The second-order valence-electron chi connectivity index (χ2n) is 4.49. The number of aromatic hydroxyl groups is 1. The van der Waals surface area contributed by atoms with Gasteiger partial charge in [-0.05, 0) is 43.3 Å². The third-order valence-corrected chi connectivity index (χ3v) is 4.81. The van der Waals surface area contributed by atoms with Crippen LogP contribution in [-0.2, 0) is 14.6 Å². The van der Waals surface area contributed by atoms with Crippen molar-refractivity contribution in [1.29, 1.82) is 0 Å². The van der Waals surface area contributed by atoms with Crippen molar-refractivity contribution >= 4 is 9.84 Å². The summed E-state index contributed by atoms with van der Waals surface area (Å²) in [6.45, 7) is 3.41. The van der Waals surface area contributed by atoms with Gasteiger partial charge in [0.1, 0.15) is 23.0 Å². The van der Waals surface area contributed by atoms with Gasteiger partial charge in [0.25, 0.3) is 0 Å². The van der Waals surface area contributed by atoms with Crippen molar-refractivity contribution in [1.82, 2.24) is 0 Å². The molecule has 22 heavy (non-hydrogen) atoms. The fraction of sp³-hybridized carbons (Fsp3) is 0.250. The summed E-state index contributed by atoms with van der Waals surface area (Å²) in [7, 11) is -3.75. The first kappa shape index (κ1) is 16.3. The van der Waals surface area contributed by atoms with Crippen LogP contribution < -0.4 is 4.74 Å². The van der Waals surface area contributed by atoms with Gasteiger partial charge >= 0.3 is 0 Å². The Balaban J connectivity index is 2.14. The van der Waals surface area contributed by atoms with Crippen LogP contribution in [0.1, 0.15) is 6.92 Å². The molecule has 6 heteroatoms. The third kappa shape index (κ3) is 3.78. The van der Waals surface area contributed by atoms with Crippen LogP contribution in [0.25, 0.3) is 0 Å². The molecule has 0 unspecified atom stereocenters. The average Bonchev–Trinajstić information content (AvgIpc) is 2.52. The van der Waals surface area contributed by atoms with Crippen LogP contribution in [0.5, 0.6) is 11.5 Å². The zero-order chi connectivity index (χ0) is 16.0. The van der Waals surface area contributed by atoms with E-state index in [0.29, 0.717) is 25.6 Å². The first-order valence-corrected chi connectivity index (χ1v) is 8.37. The van der Waals surface area contributed by atoms with E-state index in [9.17, 15) is 13.5 Å². The molecule has 0 aromatic heterocycles. The highest BCUT2D eigenvalue weighted by Gasteiger charge is 2.20. The minimum Gasteiger partial charge on any atom is -0.507 e. The van der Waals surface area contributed by atoms with Crippen LogP contribution in [0.3, 0.4) is 0 Å². The molecule has 0 saturated carbocycles. The lowest BCUT2D eigenvalue weighted by atomic mass is 10.3. The fourth-order valence-electron chi connectivity index (χ4n) is 1.89. The SMILES string of the molecule is CCOCCOc1ccc(S(=O)(=O)c2ccccc2O)cc1. The normalized spacial score (nSPS) is 11.3. The number of para-hydroxylation sites is 1. The topological polar surface area (TPSA) is 72.8 Å². The first-order chi connectivity index (χ1) is 10.6. The van der Waals surface area contributed by atoms with E-state index in [1.54, 1.807) is 24.3 Å². The fourth-order valence-corrected chi connectivity index (χ4v) is 3.24. The third-order valence-electron chi connectivity index (χ3n) is 2.99. The van der Waals surface area contributed by atoms with E-state index in [4.69, 9.17) is 9.47 Å². The van der Waals surface area contributed by atoms with E-state index >= 15 is 0 Å². The van der Waals surface area contributed by atoms with Crippen LogP contribution in [-0.4, -0.2) is 33.3 Å². The summed E-state index contributed by atoms with van der Waals surface area (Å²) < 4.78 is 35.5. The van der Waals surface area contributed by atoms with Crippen molar-refractivity contribution in [2.24, 2.45) is 0 Å². The molecule has 2 aromatic carbocycles. The van der Waals surface area contributed by atoms with Crippen molar-refractivity contribution in [2.75, 3.05) is 19.8 Å². The zero-order valence-electron chi connectivity index (χ0n) is 12.2. The number of hydrogen-bond acceptors (Lipinski definition) is 5. The van der Waals surface area contributed by atoms with Crippen molar-refractivity contribution in [3.05, 3.63) is 48.5 Å². The van der Waals surface area contributed by atoms with Gasteiger partial charge in [-0.1, -0.05) is 12.1 Å². The Hall–Kier alpha value is -2.05. The molecule has 0 amide bonds. The number of benzene rings is 2. The van der Waals surface area contributed by atoms with Crippen LogP contribution in [0.4, 0.5) is 0 Å². The Labute approximate surface area is 130 Å². The molecule has 0 atom stereocenters. The molecular weight excluding hydrogens is 304 g/mol. The Kier molecular flexibility index (Phi) is 5.41. The van der Waals surface area contributed by atoms with Crippen LogP contribution in [0, 0.1) is 0 Å². The van der Waals surface area contributed by atoms with Crippen molar-refractivity contribution in [3.8, 4) is 11.5 Å². The standard InChI is InChI=1S/C16H18O5S/c1-2-20-11-12-21-13-7-9-14(10-8-13)22(18,19)16-6-4-3-5-15(16)17/h3-10,17H,2,11-12H2,1H3. The van der Waals surface area contributed by atoms with Gasteiger partial charge in [0.05, 0.1) is 11.5 Å². The molecule has 0 heterocycles. The molecular formula is C16H18O5S. The molecule has 2 rings (SSSR count). The molecule has 0 spiro atoms. The van der Waals surface area contributed by atoms with Crippen molar-refractivity contribution < 1.29 is 23.0 Å². The molecule has 5 nitrogen and oxygen atoms in total. The van der Waals surface area contributed by atoms with Gasteiger partial charge in [-0.15, -0.1) is 0 Å². The maximum Gasteiger partial charge on any atom is 0.210 e. The number of phenols is 1. The largest absolute Gasteiger partial charge is 0.507 e. The highest BCUT2D eigenvalue weighted by atomic mass is 32.2. The molecule has 0 aliphatic heterocycles. The molecule has 2 aromatic rings. The summed E-state index contributed by atoms with van der Waals surface area (Å²) in [6.07, 6.45) is 0. The Morgan fingerprint density at radius 3 is 2.32 bits per heavy atom. The molecule has 1 N–H and O–H groups in total. The summed E-state index contributed by atoms with van der Waals surface area (Å²) in [5.41, 5.74) is 0. The highest BCUT2D eigenvalue weighted by Crippen LogP contribution is 2.29. The number of phenolic OH excluding ortho intramolecular Hbond substituents is 1. The van der Waals surface area contributed by atoms with Gasteiger partial charge in [0, 0.05) is 6.61 Å². The maximum absolute atomic E-state index is 12.4. The number of ether oxygens (including phenoxy) is 2. The number of rotatable bonds is 7. The van der Waals surface area contributed by atoms with E-state index in [1.165, 1.54) is 24.3 Å². The number of hydrogen-bond donors (Lipinski definition) is 1. The number of sulfone groups is 1. The molecule has 118 valence electrons. The van der Waals surface area contributed by atoms with Crippen LogP contribution >= 0.6 is 0 Å². The molecule has 0 saturated heterocycles. The Morgan fingerprint density at radius 1 is 1.00 bits per heavy atom. The second-order valence-corrected chi connectivity index (χ2v) is 6.41. The Bertz CT molecular complexity index is 708. The first-order valence-electron chi connectivity index (χ1n) is 6.89. The quantitative estimate of drug-likeness (QED) is 0.793. The van der Waals surface area contributed by atoms with Gasteiger partial charge in [-0.2, -0.15) is 0 Å². The minimum absolute atomic E-state index is 0.103. The summed E-state index contributed by atoms with van der Waals surface area (Å²) >= 11 is 0. The van der Waals surface area contributed by atoms with Gasteiger partial charge in [-0.25, -0.2) is 8.42 Å². The van der Waals surface area contributed by atoms with Crippen molar-refractivity contribution in [3.63, 3.8) is 0 Å². The molecule has 0 aliphatic carbocycles. The second kappa shape index (κ2) is 7.29.